The Kier molecular flexibility index (Phi) is 6.50. The summed E-state index contributed by atoms with van der Waals surface area (Å²) in [5.74, 6) is 0.642. The number of pyridine rings is 1. The molecule has 3 aromatic carbocycles. The Bertz CT molecular complexity index is 1480. The molecule has 5 rings (SSSR count). The van der Waals surface area contributed by atoms with Crippen molar-refractivity contribution in [3.05, 3.63) is 123 Å². The summed E-state index contributed by atoms with van der Waals surface area (Å²) >= 11 is 0. The lowest BCUT2D eigenvalue weighted by molar-refractivity contribution is 0.214. The van der Waals surface area contributed by atoms with E-state index in [1.807, 2.05) is 73.7 Å². The Balaban J connectivity index is 1.64. The van der Waals surface area contributed by atoms with Crippen LogP contribution in [0.25, 0.3) is 10.9 Å². The van der Waals surface area contributed by atoms with Crippen molar-refractivity contribution in [1.29, 1.82) is 0 Å². The van der Waals surface area contributed by atoms with Gasteiger partial charge in [-0.2, -0.15) is 0 Å². The number of rotatable bonds is 8. The van der Waals surface area contributed by atoms with Crippen molar-refractivity contribution in [1.82, 2.24) is 30.1 Å². The highest BCUT2D eigenvalue weighted by atomic mass is 16.1. The largest absolute Gasteiger partial charge is 0.322 e. The van der Waals surface area contributed by atoms with Crippen molar-refractivity contribution in [3.63, 3.8) is 0 Å². The molecule has 1 atom stereocenters. The molecule has 0 radical (unpaired) electrons. The maximum absolute atomic E-state index is 13.5. The van der Waals surface area contributed by atoms with Gasteiger partial charge in [0.2, 0.25) is 0 Å². The first-order chi connectivity index (χ1) is 17.1. The molecule has 0 saturated carbocycles. The van der Waals surface area contributed by atoms with Crippen molar-refractivity contribution in [2.45, 2.75) is 33.0 Å². The molecule has 0 aliphatic carbocycles. The van der Waals surface area contributed by atoms with Gasteiger partial charge in [0, 0.05) is 17.6 Å². The van der Waals surface area contributed by atoms with Crippen LogP contribution in [0.1, 0.15) is 41.0 Å². The predicted octanol–water partition coefficient (Wildman–Crippen LogP) is 4.48. The summed E-state index contributed by atoms with van der Waals surface area (Å²) in [4.78, 5) is 18.8. The second-order valence-corrected chi connectivity index (χ2v) is 8.78. The van der Waals surface area contributed by atoms with E-state index in [1.165, 1.54) is 0 Å². The van der Waals surface area contributed by atoms with Gasteiger partial charge in [-0.1, -0.05) is 79.7 Å². The van der Waals surface area contributed by atoms with Crippen LogP contribution in [0.5, 0.6) is 0 Å². The Hall–Kier alpha value is -4.10. The second-order valence-electron chi connectivity index (χ2n) is 8.78. The highest BCUT2D eigenvalue weighted by Gasteiger charge is 2.30. The fourth-order valence-corrected chi connectivity index (χ4v) is 4.51. The van der Waals surface area contributed by atoms with E-state index < -0.39 is 6.04 Å². The van der Waals surface area contributed by atoms with E-state index in [9.17, 15) is 4.79 Å². The topological polar surface area (TPSA) is 79.7 Å². The van der Waals surface area contributed by atoms with Gasteiger partial charge in [-0.05, 0) is 58.1 Å². The van der Waals surface area contributed by atoms with Gasteiger partial charge in [0.25, 0.3) is 5.56 Å². The number of aryl methyl sites for hydroxylation is 1. The first-order valence-corrected chi connectivity index (χ1v) is 11.8. The summed E-state index contributed by atoms with van der Waals surface area (Å²) < 4.78 is 1.80. The highest BCUT2D eigenvalue weighted by Crippen LogP contribution is 2.28. The van der Waals surface area contributed by atoms with Crippen LogP contribution in [-0.2, 0) is 13.1 Å². The lowest BCUT2D eigenvalue weighted by Crippen LogP contribution is -2.35. The first-order valence-electron chi connectivity index (χ1n) is 11.8. The molecule has 0 fully saturated rings. The fraction of sp³-hybridized carbons (Fsp3) is 0.214. The monoisotopic (exact) mass is 464 g/mol. The van der Waals surface area contributed by atoms with E-state index in [2.05, 4.69) is 50.5 Å². The summed E-state index contributed by atoms with van der Waals surface area (Å²) in [5.41, 5.74) is 4.68. The summed E-state index contributed by atoms with van der Waals surface area (Å²) in [5, 5.41) is 13.7. The molecule has 2 heterocycles. The van der Waals surface area contributed by atoms with Gasteiger partial charge >= 0.3 is 0 Å². The van der Waals surface area contributed by atoms with Crippen LogP contribution in [0.2, 0.25) is 0 Å². The molecule has 5 aromatic rings. The van der Waals surface area contributed by atoms with Gasteiger partial charge in [-0.25, -0.2) is 4.68 Å². The Morgan fingerprint density at radius 2 is 1.66 bits per heavy atom. The molecule has 0 spiro atoms. The number of benzene rings is 3. The maximum Gasteiger partial charge on any atom is 0.253 e. The number of tetrazole rings is 1. The van der Waals surface area contributed by atoms with Crippen molar-refractivity contribution in [2.24, 2.45) is 0 Å². The number of hydrogen-bond donors (Lipinski definition) is 1. The molecule has 7 nitrogen and oxygen atoms in total. The van der Waals surface area contributed by atoms with E-state index in [0.29, 0.717) is 31.0 Å². The zero-order valence-electron chi connectivity index (χ0n) is 19.9. The molecule has 7 heteroatoms. The van der Waals surface area contributed by atoms with E-state index in [-0.39, 0.29) is 5.56 Å². The number of aromatic amines is 1. The molecule has 176 valence electrons. The number of nitrogens with zero attached hydrogens (tertiary/aromatic N) is 5. The Morgan fingerprint density at radius 1 is 0.943 bits per heavy atom. The normalized spacial score (nSPS) is 12.3. The van der Waals surface area contributed by atoms with Crippen LogP contribution in [-0.4, -0.2) is 36.6 Å². The summed E-state index contributed by atoms with van der Waals surface area (Å²) in [6, 6.07) is 28.0. The van der Waals surface area contributed by atoms with Gasteiger partial charge in [0.15, 0.2) is 5.82 Å². The minimum absolute atomic E-state index is 0.131. The lowest BCUT2D eigenvalue weighted by atomic mass is 10.0. The van der Waals surface area contributed by atoms with Gasteiger partial charge in [0.1, 0.15) is 6.04 Å². The van der Waals surface area contributed by atoms with E-state index in [0.717, 1.165) is 27.6 Å². The average Bonchev–Trinajstić information content (AvgIpc) is 3.32. The third-order valence-corrected chi connectivity index (χ3v) is 6.30. The number of aromatic nitrogens is 5. The Labute approximate surface area is 204 Å². The van der Waals surface area contributed by atoms with Crippen LogP contribution in [0, 0.1) is 6.92 Å². The summed E-state index contributed by atoms with van der Waals surface area (Å²) in [6.07, 6.45) is 0. The van der Waals surface area contributed by atoms with Crippen molar-refractivity contribution in [2.75, 3.05) is 6.54 Å². The molecule has 0 saturated heterocycles. The van der Waals surface area contributed by atoms with Crippen LogP contribution in [0.3, 0.4) is 0 Å². The van der Waals surface area contributed by atoms with E-state index >= 15 is 0 Å². The fourth-order valence-electron chi connectivity index (χ4n) is 4.51. The van der Waals surface area contributed by atoms with Crippen LogP contribution in [0.4, 0.5) is 0 Å². The third kappa shape index (κ3) is 4.90. The van der Waals surface area contributed by atoms with E-state index in [1.54, 1.807) is 4.68 Å². The number of H-pyrrole nitrogens is 1. The van der Waals surface area contributed by atoms with Crippen LogP contribution >= 0.6 is 0 Å². The quantitative estimate of drug-likeness (QED) is 0.366. The lowest BCUT2D eigenvalue weighted by Gasteiger charge is -2.30. The molecule has 0 bridgehead atoms. The van der Waals surface area contributed by atoms with Crippen molar-refractivity contribution in [3.8, 4) is 0 Å². The highest BCUT2D eigenvalue weighted by molar-refractivity contribution is 5.79. The SMILES string of the molecule is CCN(Cc1ccccc1)[C@H](c1cc2ccc(C)cc2[nH]c1=O)c1nnnn1Cc1ccccc1. The summed E-state index contributed by atoms with van der Waals surface area (Å²) in [7, 11) is 0. The number of hydrogen-bond acceptors (Lipinski definition) is 5. The molecule has 0 amide bonds. The third-order valence-electron chi connectivity index (χ3n) is 6.30. The van der Waals surface area contributed by atoms with Crippen molar-refractivity contribution < 1.29 is 0 Å². The van der Waals surface area contributed by atoms with Gasteiger partial charge in [-0.3, -0.25) is 9.69 Å². The molecule has 0 aliphatic heterocycles. The maximum atomic E-state index is 13.5. The van der Waals surface area contributed by atoms with Gasteiger partial charge in [-0.15, -0.1) is 5.10 Å². The first kappa shape index (κ1) is 22.7. The minimum atomic E-state index is -0.423. The molecule has 2 aromatic heterocycles. The van der Waals surface area contributed by atoms with Crippen LogP contribution in [0.15, 0.2) is 89.7 Å². The number of nitrogens with one attached hydrogen (secondary N) is 1. The molecule has 35 heavy (non-hydrogen) atoms. The predicted molar refractivity (Wildman–Crippen MR) is 137 cm³/mol. The zero-order chi connectivity index (χ0) is 24.2. The second kappa shape index (κ2) is 10.0. The Morgan fingerprint density at radius 3 is 2.37 bits per heavy atom. The van der Waals surface area contributed by atoms with Crippen LogP contribution < -0.4 is 5.56 Å². The molecular weight excluding hydrogens is 436 g/mol. The summed E-state index contributed by atoms with van der Waals surface area (Å²) in [6.45, 7) is 6.01. The standard InChI is InChI=1S/C28H28N6O/c1-3-33(18-21-10-6-4-7-11-21)26(24-17-23-15-14-20(2)16-25(23)29-28(24)35)27-30-31-32-34(27)19-22-12-8-5-9-13-22/h4-17,26H,3,18-19H2,1-2H3,(H,29,35)/t26-/m1/s1. The molecule has 0 unspecified atom stereocenters. The molecule has 1 N–H and O–H groups in total. The smallest absolute Gasteiger partial charge is 0.253 e. The average molecular weight is 465 g/mol. The molecular formula is C28H28N6O. The van der Waals surface area contributed by atoms with E-state index in [4.69, 9.17) is 0 Å². The zero-order valence-corrected chi connectivity index (χ0v) is 19.9. The van der Waals surface area contributed by atoms with Crippen molar-refractivity contribution >= 4 is 10.9 Å². The van der Waals surface area contributed by atoms with Gasteiger partial charge in [0.05, 0.1) is 6.54 Å². The minimum Gasteiger partial charge on any atom is -0.322 e. The molecule has 0 aliphatic rings. The number of fused-ring (bicyclic) bond motifs is 1. The van der Waals surface area contributed by atoms with Gasteiger partial charge < -0.3 is 4.98 Å².